The molecule has 0 radical (unpaired) electrons. The molecule has 2 aliphatic heterocycles. The van der Waals surface area contributed by atoms with Crippen molar-refractivity contribution in [1.29, 1.82) is 0 Å². The van der Waals surface area contributed by atoms with E-state index in [2.05, 4.69) is 10.2 Å². The molecule has 39 heavy (non-hydrogen) atoms. The first-order valence-corrected chi connectivity index (χ1v) is 14.0. The van der Waals surface area contributed by atoms with Crippen LogP contribution in [0.3, 0.4) is 0 Å². The van der Waals surface area contributed by atoms with Gasteiger partial charge in [0.05, 0.1) is 19.5 Å². The van der Waals surface area contributed by atoms with Crippen molar-refractivity contribution in [3.8, 4) is 5.75 Å². The number of piperidine rings is 1. The SMILES string of the molecule is COc1ccc(NC(=O)CN2CN(c3ccccc3)C3(CCN(C(=O)CSc4ccccc4)CC3)C2=O)cc1. The third-order valence-electron chi connectivity index (χ3n) is 7.34. The summed E-state index contributed by atoms with van der Waals surface area (Å²) in [6.45, 7) is 1.26. The first-order chi connectivity index (χ1) is 19.0. The van der Waals surface area contributed by atoms with Gasteiger partial charge in [-0.2, -0.15) is 0 Å². The number of para-hydroxylation sites is 1. The van der Waals surface area contributed by atoms with Crippen molar-refractivity contribution in [3.63, 3.8) is 0 Å². The van der Waals surface area contributed by atoms with Crippen molar-refractivity contribution in [2.45, 2.75) is 23.3 Å². The zero-order valence-corrected chi connectivity index (χ0v) is 22.7. The van der Waals surface area contributed by atoms with Crippen molar-refractivity contribution in [2.24, 2.45) is 0 Å². The van der Waals surface area contributed by atoms with Crippen LogP contribution < -0.4 is 15.0 Å². The first kappa shape index (κ1) is 26.6. The van der Waals surface area contributed by atoms with Crippen LogP contribution in [0.25, 0.3) is 0 Å². The number of methoxy groups -OCH3 is 1. The fraction of sp³-hybridized carbons (Fsp3) is 0.300. The van der Waals surface area contributed by atoms with Crippen LogP contribution in [0.4, 0.5) is 11.4 Å². The number of thioether (sulfide) groups is 1. The maximum absolute atomic E-state index is 13.9. The fourth-order valence-electron chi connectivity index (χ4n) is 5.25. The van der Waals surface area contributed by atoms with Crippen molar-refractivity contribution >= 4 is 40.9 Å². The van der Waals surface area contributed by atoms with Gasteiger partial charge in [-0.05, 0) is 61.4 Å². The zero-order chi connectivity index (χ0) is 27.2. The van der Waals surface area contributed by atoms with E-state index in [-0.39, 0.29) is 24.3 Å². The molecule has 8 nitrogen and oxygen atoms in total. The Balaban J connectivity index is 1.26. The van der Waals surface area contributed by atoms with Gasteiger partial charge >= 0.3 is 0 Å². The second kappa shape index (κ2) is 11.8. The van der Waals surface area contributed by atoms with Gasteiger partial charge in [0.1, 0.15) is 17.8 Å². The number of benzene rings is 3. The number of nitrogens with one attached hydrogen (secondary N) is 1. The quantitative estimate of drug-likeness (QED) is 0.430. The summed E-state index contributed by atoms with van der Waals surface area (Å²) in [4.78, 5) is 46.4. The molecule has 3 amide bonds. The highest BCUT2D eigenvalue weighted by atomic mass is 32.2. The number of carbonyl (C=O) groups is 3. The maximum Gasteiger partial charge on any atom is 0.250 e. The second-order valence-corrected chi connectivity index (χ2v) is 10.7. The Kier molecular flexibility index (Phi) is 8.07. The van der Waals surface area contributed by atoms with Crippen molar-refractivity contribution in [3.05, 3.63) is 84.9 Å². The van der Waals surface area contributed by atoms with E-state index >= 15 is 0 Å². The Morgan fingerprint density at radius 1 is 0.923 bits per heavy atom. The number of hydrogen-bond acceptors (Lipinski definition) is 6. The highest BCUT2D eigenvalue weighted by Crippen LogP contribution is 2.39. The number of likely N-dealkylation sites (tertiary alicyclic amines) is 1. The van der Waals surface area contributed by atoms with Gasteiger partial charge in [-0.1, -0.05) is 36.4 Å². The lowest BCUT2D eigenvalue weighted by atomic mass is 9.85. The van der Waals surface area contributed by atoms with Gasteiger partial charge in [0, 0.05) is 29.4 Å². The molecule has 0 aliphatic carbocycles. The Labute approximate surface area is 232 Å². The number of anilines is 2. The molecule has 0 aromatic heterocycles. The molecule has 0 atom stereocenters. The summed E-state index contributed by atoms with van der Waals surface area (Å²) in [6.07, 6.45) is 1.03. The molecular weight excluding hydrogens is 512 g/mol. The van der Waals surface area contributed by atoms with Crippen molar-refractivity contribution in [1.82, 2.24) is 9.80 Å². The molecule has 9 heteroatoms. The number of nitrogens with zero attached hydrogens (tertiary/aromatic N) is 3. The number of carbonyl (C=O) groups excluding carboxylic acids is 3. The van der Waals surface area contributed by atoms with E-state index in [9.17, 15) is 14.4 Å². The average molecular weight is 545 g/mol. The summed E-state index contributed by atoms with van der Waals surface area (Å²) in [5, 5.41) is 2.87. The molecule has 202 valence electrons. The van der Waals surface area contributed by atoms with Gasteiger partial charge in [-0.15, -0.1) is 11.8 Å². The van der Waals surface area contributed by atoms with Crippen molar-refractivity contribution < 1.29 is 19.1 Å². The Morgan fingerprint density at radius 3 is 2.21 bits per heavy atom. The molecule has 2 saturated heterocycles. The Bertz CT molecular complexity index is 1300. The molecule has 2 fully saturated rings. The lowest BCUT2D eigenvalue weighted by Crippen LogP contribution is -2.57. The predicted octanol–water partition coefficient (Wildman–Crippen LogP) is 4.09. The third-order valence-corrected chi connectivity index (χ3v) is 8.34. The summed E-state index contributed by atoms with van der Waals surface area (Å²) in [7, 11) is 1.59. The lowest BCUT2D eigenvalue weighted by molar-refractivity contribution is -0.138. The van der Waals surface area contributed by atoms with Crippen LogP contribution in [0, 0.1) is 0 Å². The molecule has 0 saturated carbocycles. The van der Waals surface area contributed by atoms with E-state index in [0.717, 1.165) is 10.6 Å². The van der Waals surface area contributed by atoms with Crippen LogP contribution in [0.5, 0.6) is 5.75 Å². The Hall–Kier alpha value is -3.98. The summed E-state index contributed by atoms with van der Waals surface area (Å²) < 4.78 is 5.17. The number of amides is 3. The second-order valence-electron chi connectivity index (χ2n) is 9.70. The summed E-state index contributed by atoms with van der Waals surface area (Å²) in [5.74, 6) is 0.814. The van der Waals surface area contributed by atoms with Crippen LogP contribution in [0.15, 0.2) is 89.8 Å². The van der Waals surface area contributed by atoms with Gasteiger partial charge in [0.25, 0.3) is 5.91 Å². The van der Waals surface area contributed by atoms with Crippen LogP contribution in [0.2, 0.25) is 0 Å². The fourth-order valence-corrected chi connectivity index (χ4v) is 6.07. The lowest BCUT2D eigenvalue weighted by Gasteiger charge is -2.43. The zero-order valence-electron chi connectivity index (χ0n) is 21.9. The summed E-state index contributed by atoms with van der Waals surface area (Å²) in [5.41, 5.74) is 0.788. The monoisotopic (exact) mass is 544 g/mol. The van der Waals surface area contributed by atoms with Gasteiger partial charge in [0.15, 0.2) is 0 Å². The molecule has 2 aliphatic rings. The minimum Gasteiger partial charge on any atom is -0.497 e. The standard InChI is InChI=1S/C30H32N4O4S/c1-38-25-14-12-23(13-15-25)31-27(35)20-33-22-34(24-8-4-2-5-9-24)30(29(33)37)16-18-32(19-17-30)28(36)21-39-26-10-6-3-7-11-26/h2-15H,16-22H2,1H3,(H,31,35). The predicted molar refractivity (Wildman–Crippen MR) is 153 cm³/mol. The smallest absolute Gasteiger partial charge is 0.250 e. The summed E-state index contributed by atoms with van der Waals surface area (Å²) >= 11 is 1.53. The van der Waals surface area contributed by atoms with E-state index in [0.29, 0.717) is 49.8 Å². The van der Waals surface area contributed by atoms with Crippen molar-refractivity contribution in [2.75, 3.05) is 49.4 Å². The van der Waals surface area contributed by atoms with Gasteiger partial charge < -0.3 is 24.8 Å². The maximum atomic E-state index is 13.9. The van der Waals surface area contributed by atoms with Crippen LogP contribution in [-0.4, -0.2) is 72.2 Å². The van der Waals surface area contributed by atoms with Crippen LogP contribution >= 0.6 is 11.8 Å². The minimum absolute atomic E-state index is 0.0493. The van der Waals surface area contributed by atoms with Crippen LogP contribution in [-0.2, 0) is 14.4 Å². The van der Waals surface area contributed by atoms with E-state index in [1.165, 1.54) is 11.8 Å². The first-order valence-electron chi connectivity index (χ1n) is 13.0. The number of rotatable bonds is 8. The number of ether oxygens (including phenoxy) is 1. The molecule has 0 unspecified atom stereocenters. The van der Waals surface area contributed by atoms with Crippen LogP contribution in [0.1, 0.15) is 12.8 Å². The normalized spacial score (nSPS) is 16.4. The molecule has 1 N–H and O–H groups in total. The van der Waals surface area contributed by atoms with E-state index < -0.39 is 5.54 Å². The highest BCUT2D eigenvalue weighted by Gasteiger charge is 2.54. The number of hydrogen-bond donors (Lipinski definition) is 1. The molecule has 3 aromatic rings. The van der Waals surface area contributed by atoms with E-state index in [4.69, 9.17) is 4.74 Å². The molecule has 1 spiro atoms. The summed E-state index contributed by atoms with van der Waals surface area (Å²) in [6, 6.07) is 26.8. The molecule has 0 bridgehead atoms. The molecule has 3 aromatic carbocycles. The molecule has 5 rings (SSSR count). The minimum atomic E-state index is -0.787. The van der Waals surface area contributed by atoms with Gasteiger partial charge in [-0.3, -0.25) is 14.4 Å². The Morgan fingerprint density at radius 2 is 1.56 bits per heavy atom. The van der Waals surface area contributed by atoms with Gasteiger partial charge in [0.2, 0.25) is 11.8 Å². The largest absolute Gasteiger partial charge is 0.497 e. The topological polar surface area (TPSA) is 82.2 Å². The highest BCUT2D eigenvalue weighted by molar-refractivity contribution is 8.00. The average Bonchev–Trinajstić information content (AvgIpc) is 3.23. The molecular formula is C30H32N4O4S. The van der Waals surface area contributed by atoms with Gasteiger partial charge in [-0.25, -0.2) is 0 Å². The van der Waals surface area contributed by atoms with E-state index in [1.54, 1.807) is 36.3 Å². The molecule has 2 heterocycles. The third kappa shape index (κ3) is 5.88. The van der Waals surface area contributed by atoms with E-state index in [1.807, 2.05) is 65.6 Å².